The first-order valence-corrected chi connectivity index (χ1v) is 10.1. The van der Waals surface area contributed by atoms with Crippen LogP contribution in [0.25, 0.3) is 0 Å². The number of esters is 1. The van der Waals surface area contributed by atoms with E-state index >= 15 is 0 Å². The van der Waals surface area contributed by atoms with E-state index in [1.165, 1.54) is 7.11 Å². The van der Waals surface area contributed by atoms with E-state index in [1.54, 1.807) is 11.8 Å². The Morgan fingerprint density at radius 2 is 1.65 bits per heavy atom. The first-order valence-electron chi connectivity index (χ1n) is 7.22. The summed E-state index contributed by atoms with van der Waals surface area (Å²) in [7, 11) is -1.13. The van der Waals surface area contributed by atoms with Gasteiger partial charge in [-0.3, -0.25) is 4.79 Å². The highest BCUT2D eigenvalue weighted by atomic mass is 32.2. The standard InChI is InChI=1S/C13H26O5SSi/c1-5-16-20(17-6-2,18-7-3)10-8-9-13(11-19-13)12(14)15-4/h5-11H2,1-4H3. The number of carbonyl (C=O) groups excluding carboxylic acids is 1. The molecule has 118 valence electrons. The molecule has 0 aromatic rings. The Morgan fingerprint density at radius 3 is 2.00 bits per heavy atom. The van der Waals surface area contributed by atoms with Gasteiger partial charge in [0, 0.05) is 31.6 Å². The number of hydrogen-bond acceptors (Lipinski definition) is 6. The lowest BCUT2D eigenvalue weighted by molar-refractivity contribution is -0.142. The van der Waals surface area contributed by atoms with Crippen LogP contribution in [-0.2, 0) is 22.8 Å². The molecule has 1 heterocycles. The van der Waals surface area contributed by atoms with Crippen molar-refractivity contribution in [1.82, 2.24) is 0 Å². The zero-order valence-electron chi connectivity index (χ0n) is 12.9. The van der Waals surface area contributed by atoms with E-state index in [0.29, 0.717) is 19.8 Å². The highest BCUT2D eigenvalue weighted by molar-refractivity contribution is 8.08. The van der Waals surface area contributed by atoms with Crippen molar-refractivity contribution in [2.24, 2.45) is 0 Å². The second-order valence-corrected chi connectivity index (χ2v) is 8.70. The summed E-state index contributed by atoms with van der Waals surface area (Å²) in [5.41, 5.74) is 0. The molecule has 1 rings (SSSR count). The molecule has 1 saturated heterocycles. The quantitative estimate of drug-likeness (QED) is 0.331. The number of ether oxygens (including phenoxy) is 1. The highest BCUT2D eigenvalue weighted by Gasteiger charge is 2.52. The molecule has 0 radical (unpaired) electrons. The van der Waals surface area contributed by atoms with Crippen molar-refractivity contribution in [2.75, 3.05) is 32.7 Å². The van der Waals surface area contributed by atoms with Gasteiger partial charge in [0.25, 0.3) is 0 Å². The zero-order valence-corrected chi connectivity index (χ0v) is 14.7. The van der Waals surface area contributed by atoms with E-state index in [0.717, 1.165) is 24.6 Å². The smallest absolute Gasteiger partial charge is 0.468 e. The van der Waals surface area contributed by atoms with Crippen LogP contribution in [0.15, 0.2) is 0 Å². The molecule has 0 bridgehead atoms. The molecular formula is C13H26O5SSi. The van der Waals surface area contributed by atoms with Gasteiger partial charge in [0.1, 0.15) is 4.75 Å². The Balaban J connectivity index is 2.51. The summed E-state index contributed by atoms with van der Waals surface area (Å²) in [6.45, 7) is 7.61. The molecule has 20 heavy (non-hydrogen) atoms. The van der Waals surface area contributed by atoms with Gasteiger partial charge in [-0.1, -0.05) is 0 Å². The van der Waals surface area contributed by atoms with Gasteiger partial charge in [-0.25, -0.2) is 0 Å². The minimum Gasteiger partial charge on any atom is -0.468 e. The molecule has 1 atom stereocenters. The molecule has 0 N–H and O–H groups in total. The Labute approximate surface area is 127 Å². The zero-order chi connectivity index (χ0) is 15.1. The van der Waals surface area contributed by atoms with Gasteiger partial charge in [-0.15, -0.1) is 11.8 Å². The number of hydrogen-bond donors (Lipinski definition) is 0. The average molecular weight is 322 g/mol. The monoisotopic (exact) mass is 322 g/mol. The van der Waals surface area contributed by atoms with E-state index in [4.69, 9.17) is 18.0 Å². The largest absolute Gasteiger partial charge is 0.500 e. The van der Waals surface area contributed by atoms with E-state index in [1.807, 2.05) is 20.8 Å². The van der Waals surface area contributed by atoms with Crippen LogP contribution >= 0.6 is 11.8 Å². The van der Waals surface area contributed by atoms with Gasteiger partial charge in [-0.2, -0.15) is 0 Å². The minimum atomic E-state index is -2.57. The third kappa shape index (κ3) is 4.73. The van der Waals surface area contributed by atoms with Crippen LogP contribution in [-0.4, -0.2) is 52.2 Å². The number of methoxy groups -OCH3 is 1. The fourth-order valence-corrected chi connectivity index (χ4v) is 5.77. The molecule has 0 aliphatic carbocycles. The molecule has 1 fully saturated rings. The summed E-state index contributed by atoms with van der Waals surface area (Å²) in [5.74, 6) is 0.741. The van der Waals surface area contributed by atoms with Crippen LogP contribution in [0.1, 0.15) is 33.6 Å². The summed E-state index contributed by atoms with van der Waals surface area (Å²) in [5, 5.41) is 0. The van der Waals surface area contributed by atoms with Crippen molar-refractivity contribution in [3.63, 3.8) is 0 Å². The summed E-state index contributed by atoms with van der Waals surface area (Å²) < 4.78 is 22.0. The highest BCUT2D eigenvalue weighted by Crippen LogP contribution is 2.49. The Bertz CT molecular complexity index is 292. The van der Waals surface area contributed by atoms with Crippen molar-refractivity contribution < 1.29 is 22.8 Å². The molecule has 5 nitrogen and oxygen atoms in total. The van der Waals surface area contributed by atoms with E-state index in [-0.39, 0.29) is 10.7 Å². The number of thioether (sulfide) groups is 1. The van der Waals surface area contributed by atoms with Crippen LogP contribution in [0.2, 0.25) is 6.04 Å². The molecule has 1 unspecified atom stereocenters. The third-order valence-electron chi connectivity index (χ3n) is 3.21. The molecule has 0 aromatic carbocycles. The second kappa shape index (κ2) is 8.38. The predicted octanol–water partition coefficient (Wildman–Crippen LogP) is 2.47. The van der Waals surface area contributed by atoms with Crippen LogP contribution in [0.5, 0.6) is 0 Å². The topological polar surface area (TPSA) is 54.0 Å². The van der Waals surface area contributed by atoms with Crippen LogP contribution in [0.3, 0.4) is 0 Å². The lowest BCUT2D eigenvalue weighted by Crippen LogP contribution is -2.46. The Kier molecular flexibility index (Phi) is 7.53. The van der Waals surface area contributed by atoms with Crippen molar-refractivity contribution in [3.8, 4) is 0 Å². The molecule has 0 amide bonds. The van der Waals surface area contributed by atoms with Gasteiger partial charge in [-0.05, 0) is 33.6 Å². The summed E-state index contributed by atoms with van der Waals surface area (Å²) in [6, 6.07) is 0.752. The van der Waals surface area contributed by atoms with E-state index in [9.17, 15) is 4.79 Å². The van der Waals surface area contributed by atoms with Crippen LogP contribution in [0, 0.1) is 0 Å². The lowest BCUT2D eigenvalue weighted by atomic mass is 10.1. The number of rotatable bonds is 11. The normalized spacial score (nSPS) is 21.8. The maximum absolute atomic E-state index is 11.7. The first kappa shape index (κ1) is 18.0. The predicted molar refractivity (Wildman–Crippen MR) is 81.9 cm³/mol. The molecule has 0 aromatic heterocycles. The van der Waals surface area contributed by atoms with Gasteiger partial charge in [0.15, 0.2) is 0 Å². The molecule has 0 spiro atoms. The van der Waals surface area contributed by atoms with Crippen LogP contribution < -0.4 is 0 Å². The molecular weight excluding hydrogens is 296 g/mol. The lowest BCUT2D eigenvalue weighted by Gasteiger charge is -2.28. The molecule has 1 aliphatic heterocycles. The first-order chi connectivity index (χ1) is 9.58. The molecule has 7 heteroatoms. The van der Waals surface area contributed by atoms with Crippen molar-refractivity contribution in [3.05, 3.63) is 0 Å². The summed E-state index contributed by atoms with van der Waals surface area (Å²) >= 11 is 1.66. The maximum atomic E-state index is 11.7. The Morgan fingerprint density at radius 1 is 1.15 bits per heavy atom. The van der Waals surface area contributed by atoms with Gasteiger partial charge < -0.3 is 18.0 Å². The minimum absolute atomic E-state index is 0.112. The summed E-state index contributed by atoms with van der Waals surface area (Å²) in [6.07, 6.45) is 1.65. The molecule has 0 saturated carbocycles. The van der Waals surface area contributed by atoms with Gasteiger partial charge >= 0.3 is 14.8 Å². The Hall–Kier alpha value is -0.0831. The van der Waals surface area contributed by atoms with E-state index < -0.39 is 8.80 Å². The van der Waals surface area contributed by atoms with Crippen molar-refractivity contribution in [2.45, 2.75) is 44.4 Å². The molecule has 1 aliphatic rings. The van der Waals surface area contributed by atoms with E-state index in [2.05, 4.69) is 0 Å². The maximum Gasteiger partial charge on any atom is 0.500 e. The van der Waals surface area contributed by atoms with Crippen LogP contribution in [0.4, 0.5) is 0 Å². The van der Waals surface area contributed by atoms with Crippen molar-refractivity contribution >= 4 is 26.5 Å². The van der Waals surface area contributed by atoms with Crippen molar-refractivity contribution in [1.29, 1.82) is 0 Å². The second-order valence-electron chi connectivity index (χ2n) is 4.61. The van der Waals surface area contributed by atoms with Gasteiger partial charge in [0.2, 0.25) is 0 Å². The summed E-state index contributed by atoms with van der Waals surface area (Å²) in [4.78, 5) is 11.7. The SMILES string of the molecule is CCO[Si](CCCC1(C(=O)OC)CS1)(OCC)OCC. The average Bonchev–Trinajstić information content (AvgIpc) is 3.20. The fourth-order valence-electron chi connectivity index (χ4n) is 2.23. The fraction of sp³-hybridized carbons (Fsp3) is 0.923. The third-order valence-corrected chi connectivity index (χ3v) is 7.71. The number of carbonyl (C=O) groups is 1. The van der Waals surface area contributed by atoms with Gasteiger partial charge in [0.05, 0.1) is 7.11 Å².